The van der Waals surface area contributed by atoms with Crippen molar-refractivity contribution >= 4 is 12.3 Å². The lowest BCUT2D eigenvalue weighted by Crippen LogP contribution is -2.57. The Balaban J connectivity index is 2.34. The van der Waals surface area contributed by atoms with E-state index in [9.17, 15) is 14.7 Å². The van der Waals surface area contributed by atoms with Crippen LogP contribution < -0.4 is 0 Å². The van der Waals surface area contributed by atoms with Gasteiger partial charge in [-0.25, -0.2) is 4.79 Å². The maximum Gasteiger partial charge on any atom is 0.339 e. The molecule has 3 rings (SSSR count). The van der Waals surface area contributed by atoms with Gasteiger partial charge >= 0.3 is 5.97 Å². The molecular formula is C25H34O4. The quantitative estimate of drug-likeness (QED) is 0.326. The predicted octanol–water partition coefficient (Wildman–Crippen LogP) is 6.11. The number of rotatable bonds is 8. The van der Waals surface area contributed by atoms with E-state index in [1.54, 1.807) is 6.07 Å². The highest BCUT2D eigenvalue weighted by Gasteiger charge is 2.67. The molecule has 1 aromatic rings. The fraction of sp³-hybridized carbons (Fsp3) is 0.600. The maximum absolute atomic E-state index is 13.0. The molecule has 29 heavy (non-hydrogen) atoms. The zero-order valence-corrected chi connectivity index (χ0v) is 17.9. The molecule has 1 heterocycles. The first-order valence-electron chi connectivity index (χ1n) is 11.2. The number of unbranched alkanes of at least 4 members (excludes halogenated alkanes) is 1. The molecule has 1 aromatic carbocycles. The molecule has 4 atom stereocenters. The van der Waals surface area contributed by atoms with Gasteiger partial charge in [-0.1, -0.05) is 64.7 Å². The molecule has 0 spiro atoms. The minimum atomic E-state index is -1.03. The Kier molecular flexibility index (Phi) is 6.50. The third-order valence-electron chi connectivity index (χ3n) is 7.10. The van der Waals surface area contributed by atoms with Crippen molar-refractivity contribution in [3.63, 3.8) is 0 Å². The number of fused-ring (bicyclic) bond motifs is 1. The zero-order chi connectivity index (χ0) is 21.1. The van der Waals surface area contributed by atoms with Gasteiger partial charge in [0.15, 0.2) is 5.60 Å². The van der Waals surface area contributed by atoms with Gasteiger partial charge in [0.05, 0.1) is 16.7 Å². The molecule has 1 saturated carbocycles. The van der Waals surface area contributed by atoms with Crippen LogP contribution in [-0.2, 0) is 15.1 Å². The van der Waals surface area contributed by atoms with E-state index >= 15 is 0 Å². The largest absolute Gasteiger partial charge is 0.512 e. The summed E-state index contributed by atoms with van der Waals surface area (Å²) in [7, 11) is 0. The van der Waals surface area contributed by atoms with E-state index in [0.717, 1.165) is 50.4 Å². The predicted molar refractivity (Wildman–Crippen MR) is 114 cm³/mol. The van der Waals surface area contributed by atoms with Crippen molar-refractivity contribution in [3.8, 4) is 0 Å². The van der Waals surface area contributed by atoms with Gasteiger partial charge in [-0.2, -0.15) is 0 Å². The van der Waals surface area contributed by atoms with Crippen LogP contribution >= 0.6 is 0 Å². The lowest BCUT2D eigenvalue weighted by molar-refractivity contribution is -0.167. The van der Waals surface area contributed by atoms with Crippen molar-refractivity contribution in [2.75, 3.05) is 0 Å². The van der Waals surface area contributed by atoms with E-state index in [0.29, 0.717) is 18.4 Å². The third kappa shape index (κ3) is 3.21. The second kappa shape index (κ2) is 8.73. The van der Waals surface area contributed by atoms with Crippen LogP contribution in [0, 0.1) is 17.3 Å². The van der Waals surface area contributed by atoms with Gasteiger partial charge in [0.1, 0.15) is 6.29 Å². The van der Waals surface area contributed by atoms with Crippen LogP contribution in [0.15, 0.2) is 36.1 Å². The lowest BCUT2D eigenvalue weighted by Gasteiger charge is -2.54. The summed E-state index contributed by atoms with van der Waals surface area (Å²) in [4.78, 5) is 25.3. The standard InChI is InChI=1S/C25H34O4/c1-4-6-15-22(27)24(16-10-9-12-19(24)17-26)25(18(3)11-5-2)21-14-8-7-13-20(21)23(28)29-25/h7-8,13-15,17-19,27H,4-6,9-12,16H2,1-3H3/b22-15-. The van der Waals surface area contributed by atoms with Crippen molar-refractivity contribution < 1.29 is 19.4 Å². The first kappa shape index (κ1) is 21.6. The number of cyclic esters (lactones) is 1. The summed E-state index contributed by atoms with van der Waals surface area (Å²) < 4.78 is 6.31. The van der Waals surface area contributed by atoms with Gasteiger partial charge < -0.3 is 14.6 Å². The van der Waals surface area contributed by atoms with E-state index in [1.165, 1.54) is 0 Å². The van der Waals surface area contributed by atoms with E-state index in [2.05, 4.69) is 20.8 Å². The number of aliphatic hydroxyl groups is 1. The van der Waals surface area contributed by atoms with Crippen LogP contribution in [0.1, 0.15) is 88.1 Å². The third-order valence-corrected chi connectivity index (χ3v) is 7.10. The van der Waals surface area contributed by atoms with Crippen LogP contribution in [0.4, 0.5) is 0 Å². The monoisotopic (exact) mass is 398 g/mol. The first-order chi connectivity index (χ1) is 14.0. The van der Waals surface area contributed by atoms with Crippen molar-refractivity contribution in [2.24, 2.45) is 17.3 Å². The molecule has 2 aliphatic rings. The molecule has 0 aromatic heterocycles. The number of benzene rings is 1. The number of esters is 1. The summed E-state index contributed by atoms with van der Waals surface area (Å²) in [6.07, 6.45) is 9.44. The first-order valence-corrected chi connectivity index (χ1v) is 11.2. The van der Waals surface area contributed by atoms with Gasteiger partial charge in [0.2, 0.25) is 0 Å². The summed E-state index contributed by atoms with van der Waals surface area (Å²) in [5, 5.41) is 11.5. The molecular weight excluding hydrogens is 364 g/mol. The summed E-state index contributed by atoms with van der Waals surface area (Å²) in [6.45, 7) is 6.28. The van der Waals surface area contributed by atoms with E-state index in [1.807, 2.05) is 24.3 Å². The molecule has 4 heteroatoms. The Bertz CT molecular complexity index is 783. The van der Waals surface area contributed by atoms with Crippen LogP contribution in [0.5, 0.6) is 0 Å². The number of carbonyl (C=O) groups excluding carboxylic acids is 2. The minimum Gasteiger partial charge on any atom is -0.512 e. The molecule has 0 amide bonds. The number of hydrogen-bond donors (Lipinski definition) is 1. The van der Waals surface area contributed by atoms with Crippen LogP contribution in [-0.4, -0.2) is 17.4 Å². The Morgan fingerprint density at radius 2 is 2.03 bits per heavy atom. The van der Waals surface area contributed by atoms with Crippen molar-refractivity contribution in [2.45, 2.75) is 77.7 Å². The summed E-state index contributed by atoms with van der Waals surface area (Å²) >= 11 is 0. The molecule has 158 valence electrons. The maximum atomic E-state index is 13.0. The second-order valence-corrected chi connectivity index (χ2v) is 8.70. The SMILES string of the molecule is CCC/C=C(\O)C1(C2(C(C)CCC)OC(=O)c3ccccc32)CCCCC1C=O. The van der Waals surface area contributed by atoms with Crippen LogP contribution in [0.2, 0.25) is 0 Å². The van der Waals surface area contributed by atoms with Gasteiger partial charge in [-0.15, -0.1) is 0 Å². The Morgan fingerprint density at radius 1 is 1.28 bits per heavy atom. The van der Waals surface area contributed by atoms with Crippen LogP contribution in [0.25, 0.3) is 0 Å². The van der Waals surface area contributed by atoms with Crippen LogP contribution in [0.3, 0.4) is 0 Å². The molecule has 0 saturated heterocycles. The Morgan fingerprint density at radius 3 is 2.72 bits per heavy atom. The average molecular weight is 399 g/mol. The molecule has 0 bridgehead atoms. The normalized spacial score (nSPS) is 30.5. The molecule has 0 radical (unpaired) electrons. The number of hydrogen-bond acceptors (Lipinski definition) is 4. The number of allylic oxidation sites excluding steroid dienone is 1. The minimum absolute atomic E-state index is 0.0298. The second-order valence-electron chi connectivity index (χ2n) is 8.70. The fourth-order valence-electron chi connectivity index (χ4n) is 5.83. The molecule has 1 fully saturated rings. The summed E-state index contributed by atoms with van der Waals surface area (Å²) in [5.41, 5.74) is -0.555. The number of aldehydes is 1. The highest BCUT2D eigenvalue weighted by molar-refractivity contribution is 5.95. The molecule has 1 aliphatic carbocycles. The van der Waals surface area contributed by atoms with E-state index in [-0.39, 0.29) is 23.6 Å². The molecule has 4 nitrogen and oxygen atoms in total. The number of aliphatic hydroxyl groups excluding tert-OH is 1. The van der Waals surface area contributed by atoms with E-state index in [4.69, 9.17) is 4.74 Å². The smallest absolute Gasteiger partial charge is 0.339 e. The van der Waals surface area contributed by atoms with E-state index < -0.39 is 11.0 Å². The van der Waals surface area contributed by atoms with Gasteiger partial charge in [0.25, 0.3) is 0 Å². The number of carbonyl (C=O) groups is 2. The zero-order valence-electron chi connectivity index (χ0n) is 17.9. The van der Waals surface area contributed by atoms with Gasteiger partial charge in [0, 0.05) is 17.4 Å². The summed E-state index contributed by atoms with van der Waals surface area (Å²) in [5.74, 6) is -0.537. The van der Waals surface area contributed by atoms with Gasteiger partial charge in [-0.05, 0) is 37.8 Å². The topological polar surface area (TPSA) is 63.6 Å². The molecule has 1 aliphatic heterocycles. The molecule has 4 unspecified atom stereocenters. The average Bonchev–Trinajstić information content (AvgIpc) is 3.06. The van der Waals surface area contributed by atoms with Crippen molar-refractivity contribution in [1.82, 2.24) is 0 Å². The fourth-order valence-corrected chi connectivity index (χ4v) is 5.83. The summed E-state index contributed by atoms with van der Waals surface area (Å²) in [6, 6.07) is 7.53. The van der Waals surface area contributed by atoms with Gasteiger partial charge in [-0.3, -0.25) is 0 Å². The van der Waals surface area contributed by atoms with Crippen molar-refractivity contribution in [3.05, 3.63) is 47.2 Å². The van der Waals surface area contributed by atoms with Crippen molar-refractivity contribution in [1.29, 1.82) is 0 Å². The highest BCUT2D eigenvalue weighted by Crippen LogP contribution is 2.64. The highest BCUT2D eigenvalue weighted by atomic mass is 16.6. The Hall–Kier alpha value is -2.10. The number of ether oxygens (including phenoxy) is 1. The Labute approximate surface area is 174 Å². The molecule has 1 N–H and O–H groups in total. The lowest BCUT2D eigenvalue weighted by atomic mass is 9.51.